The van der Waals surface area contributed by atoms with Gasteiger partial charge in [-0.3, -0.25) is 14.9 Å². The molecule has 3 rings (SSSR count). The first-order valence-electron chi connectivity index (χ1n) is 7.67. The molecule has 2 amide bonds. The highest BCUT2D eigenvalue weighted by Crippen LogP contribution is 2.13. The third-order valence-electron chi connectivity index (χ3n) is 3.55. The summed E-state index contributed by atoms with van der Waals surface area (Å²) in [7, 11) is 0. The number of nitrogens with zero attached hydrogens (tertiary/aromatic N) is 1. The SMILES string of the molecule is Cc1cccc(NC(=O)[C@H]2CC(=O)NC(Nc3ccccc3)=N2)c1. The van der Waals surface area contributed by atoms with Crippen molar-refractivity contribution in [3.63, 3.8) is 0 Å². The van der Waals surface area contributed by atoms with E-state index in [1.54, 1.807) is 6.07 Å². The Morgan fingerprint density at radius 1 is 1.12 bits per heavy atom. The molecule has 24 heavy (non-hydrogen) atoms. The molecule has 2 aromatic rings. The van der Waals surface area contributed by atoms with Gasteiger partial charge >= 0.3 is 0 Å². The van der Waals surface area contributed by atoms with Crippen LogP contribution in [0.3, 0.4) is 0 Å². The Morgan fingerprint density at radius 3 is 2.62 bits per heavy atom. The Morgan fingerprint density at radius 2 is 1.88 bits per heavy atom. The van der Waals surface area contributed by atoms with Crippen LogP contribution in [0.25, 0.3) is 0 Å². The van der Waals surface area contributed by atoms with Crippen molar-refractivity contribution in [1.29, 1.82) is 0 Å². The van der Waals surface area contributed by atoms with Crippen LogP contribution in [0.5, 0.6) is 0 Å². The monoisotopic (exact) mass is 322 g/mol. The van der Waals surface area contributed by atoms with Gasteiger partial charge in [-0.25, -0.2) is 4.99 Å². The molecule has 0 saturated heterocycles. The van der Waals surface area contributed by atoms with Crippen LogP contribution in [0.1, 0.15) is 12.0 Å². The fourth-order valence-corrected chi connectivity index (χ4v) is 2.41. The van der Waals surface area contributed by atoms with Gasteiger partial charge in [-0.15, -0.1) is 0 Å². The van der Waals surface area contributed by atoms with E-state index in [2.05, 4.69) is 20.9 Å². The van der Waals surface area contributed by atoms with Crippen molar-refractivity contribution in [2.45, 2.75) is 19.4 Å². The second kappa shape index (κ2) is 6.95. The number of rotatable bonds is 3. The molecule has 3 N–H and O–H groups in total. The Balaban J connectivity index is 1.73. The predicted octanol–water partition coefficient (Wildman–Crippen LogP) is 2.29. The molecule has 0 unspecified atom stereocenters. The van der Waals surface area contributed by atoms with E-state index in [4.69, 9.17) is 0 Å². The number of para-hydroxylation sites is 1. The number of hydrogen-bond donors (Lipinski definition) is 3. The number of carbonyl (C=O) groups is 2. The van der Waals surface area contributed by atoms with Crippen LogP contribution < -0.4 is 16.0 Å². The summed E-state index contributed by atoms with van der Waals surface area (Å²) in [6, 6.07) is 16.1. The summed E-state index contributed by atoms with van der Waals surface area (Å²) in [6.07, 6.45) is 0.0254. The van der Waals surface area contributed by atoms with Gasteiger partial charge in [-0.1, -0.05) is 30.3 Å². The van der Waals surface area contributed by atoms with Crippen LogP contribution in [-0.2, 0) is 9.59 Å². The lowest BCUT2D eigenvalue weighted by molar-refractivity contribution is -0.124. The third kappa shape index (κ3) is 3.98. The van der Waals surface area contributed by atoms with Gasteiger partial charge in [0.25, 0.3) is 0 Å². The van der Waals surface area contributed by atoms with Gasteiger partial charge in [0.1, 0.15) is 6.04 Å². The molecule has 0 saturated carbocycles. The fraction of sp³-hybridized carbons (Fsp3) is 0.167. The number of carbonyl (C=O) groups excluding carboxylic acids is 2. The molecule has 0 radical (unpaired) electrons. The molecular weight excluding hydrogens is 304 g/mol. The minimum atomic E-state index is -0.759. The van der Waals surface area contributed by atoms with E-state index < -0.39 is 6.04 Å². The molecule has 122 valence electrons. The van der Waals surface area contributed by atoms with E-state index in [1.807, 2.05) is 55.5 Å². The fourth-order valence-electron chi connectivity index (χ4n) is 2.41. The number of benzene rings is 2. The zero-order valence-corrected chi connectivity index (χ0v) is 13.2. The molecular formula is C18H18N4O2. The first-order chi connectivity index (χ1) is 11.6. The van der Waals surface area contributed by atoms with Gasteiger partial charge < -0.3 is 10.6 Å². The molecule has 0 aliphatic carbocycles. The van der Waals surface area contributed by atoms with Crippen LogP contribution in [0.4, 0.5) is 11.4 Å². The first-order valence-corrected chi connectivity index (χ1v) is 7.67. The van der Waals surface area contributed by atoms with E-state index in [0.29, 0.717) is 5.69 Å². The summed E-state index contributed by atoms with van der Waals surface area (Å²) in [4.78, 5) is 28.6. The maximum atomic E-state index is 12.4. The molecule has 1 aliphatic rings. The van der Waals surface area contributed by atoms with Crippen LogP contribution in [0, 0.1) is 6.92 Å². The summed E-state index contributed by atoms with van der Waals surface area (Å²) in [6.45, 7) is 1.95. The third-order valence-corrected chi connectivity index (χ3v) is 3.55. The van der Waals surface area contributed by atoms with Crippen LogP contribution in [0.2, 0.25) is 0 Å². The molecule has 1 heterocycles. The van der Waals surface area contributed by atoms with Crippen LogP contribution in [-0.4, -0.2) is 23.8 Å². The average molecular weight is 322 g/mol. The minimum Gasteiger partial charge on any atom is -0.326 e. The summed E-state index contributed by atoms with van der Waals surface area (Å²) in [5.74, 6) is -0.266. The quantitative estimate of drug-likeness (QED) is 0.811. The van der Waals surface area contributed by atoms with Crippen LogP contribution >= 0.6 is 0 Å². The molecule has 0 spiro atoms. The van der Waals surface area contributed by atoms with Gasteiger partial charge in [0.05, 0.1) is 6.42 Å². The average Bonchev–Trinajstić information content (AvgIpc) is 2.55. The van der Waals surface area contributed by atoms with Crippen molar-refractivity contribution < 1.29 is 9.59 Å². The van der Waals surface area contributed by atoms with E-state index in [9.17, 15) is 9.59 Å². The number of hydrogen-bond acceptors (Lipinski definition) is 4. The summed E-state index contributed by atoms with van der Waals surface area (Å²) in [5.41, 5.74) is 2.53. The first kappa shape index (κ1) is 15.7. The Hall–Kier alpha value is -3.15. The zero-order chi connectivity index (χ0) is 16.9. The van der Waals surface area contributed by atoms with Crippen molar-refractivity contribution in [3.05, 3.63) is 60.2 Å². The Labute approximate surface area is 140 Å². The highest BCUT2D eigenvalue weighted by molar-refractivity contribution is 6.09. The van der Waals surface area contributed by atoms with Gasteiger partial charge in [0, 0.05) is 11.4 Å². The second-order valence-corrected chi connectivity index (χ2v) is 5.60. The highest BCUT2D eigenvalue weighted by atomic mass is 16.2. The summed E-state index contributed by atoms with van der Waals surface area (Å²) >= 11 is 0. The van der Waals surface area contributed by atoms with E-state index in [0.717, 1.165) is 11.3 Å². The van der Waals surface area contributed by atoms with E-state index >= 15 is 0 Å². The van der Waals surface area contributed by atoms with E-state index in [1.165, 1.54) is 0 Å². The summed E-state index contributed by atoms with van der Waals surface area (Å²) in [5, 5.41) is 8.45. The maximum absolute atomic E-state index is 12.4. The highest BCUT2D eigenvalue weighted by Gasteiger charge is 2.27. The summed E-state index contributed by atoms with van der Waals surface area (Å²) < 4.78 is 0. The number of aryl methyl sites for hydroxylation is 1. The Bertz CT molecular complexity index is 787. The maximum Gasteiger partial charge on any atom is 0.249 e. The number of amides is 2. The number of nitrogens with one attached hydrogen (secondary N) is 3. The molecule has 1 aliphatic heterocycles. The van der Waals surface area contributed by atoms with Gasteiger partial charge in [0.2, 0.25) is 17.8 Å². The van der Waals surface area contributed by atoms with Gasteiger partial charge in [-0.2, -0.15) is 0 Å². The predicted molar refractivity (Wildman–Crippen MR) is 93.9 cm³/mol. The van der Waals surface area contributed by atoms with Crippen LogP contribution in [0.15, 0.2) is 59.6 Å². The number of anilines is 2. The van der Waals surface area contributed by atoms with Crippen molar-refractivity contribution in [2.75, 3.05) is 10.6 Å². The van der Waals surface area contributed by atoms with Crippen molar-refractivity contribution in [3.8, 4) is 0 Å². The normalized spacial score (nSPS) is 16.8. The molecule has 2 aromatic carbocycles. The molecule has 1 atom stereocenters. The lowest BCUT2D eigenvalue weighted by Crippen LogP contribution is -2.45. The Kier molecular flexibility index (Phi) is 4.56. The van der Waals surface area contributed by atoms with Crippen molar-refractivity contribution in [1.82, 2.24) is 5.32 Å². The smallest absolute Gasteiger partial charge is 0.249 e. The zero-order valence-electron chi connectivity index (χ0n) is 13.2. The van der Waals surface area contributed by atoms with Crippen molar-refractivity contribution >= 4 is 29.1 Å². The molecule has 0 fully saturated rings. The standard InChI is InChI=1S/C18H18N4O2/c1-12-6-5-9-14(10-12)19-17(24)15-11-16(23)22-18(21-15)20-13-7-3-2-4-8-13/h2-10,15H,11H2,1H3,(H,19,24)(H2,20,21,22,23)/t15-/m1/s1. The largest absolute Gasteiger partial charge is 0.326 e. The number of aliphatic imine (C=N–C) groups is 1. The van der Waals surface area contributed by atoms with Gasteiger partial charge in [0.15, 0.2) is 0 Å². The molecule has 6 nitrogen and oxygen atoms in total. The topological polar surface area (TPSA) is 82.6 Å². The lowest BCUT2D eigenvalue weighted by Gasteiger charge is -2.21. The second-order valence-electron chi connectivity index (χ2n) is 5.60. The lowest BCUT2D eigenvalue weighted by atomic mass is 10.1. The minimum absolute atomic E-state index is 0.0254. The number of guanidine groups is 1. The molecule has 0 aromatic heterocycles. The molecule has 6 heteroatoms. The van der Waals surface area contributed by atoms with Crippen molar-refractivity contribution in [2.24, 2.45) is 4.99 Å². The molecule has 0 bridgehead atoms. The van der Waals surface area contributed by atoms with E-state index in [-0.39, 0.29) is 24.2 Å². The van der Waals surface area contributed by atoms with Gasteiger partial charge in [-0.05, 0) is 36.8 Å².